The first-order valence-electron chi connectivity index (χ1n) is 6.57. The molecule has 0 heterocycles. The minimum Gasteiger partial charge on any atom is -0.377 e. The van der Waals surface area contributed by atoms with Crippen LogP contribution < -0.4 is 5.32 Å². The number of hydrogen-bond acceptors (Lipinski definition) is 1. The van der Waals surface area contributed by atoms with Crippen molar-refractivity contribution in [1.29, 1.82) is 0 Å². The van der Waals surface area contributed by atoms with E-state index in [9.17, 15) is 0 Å². The van der Waals surface area contributed by atoms with Crippen LogP contribution in [0.15, 0.2) is 36.4 Å². The SMILES string of the molecule is Cc1cc(C)cc(C(C)Nc2c(C)cccc2Cl)c1. The third-order valence-electron chi connectivity index (χ3n) is 3.33. The van der Waals surface area contributed by atoms with Crippen molar-refractivity contribution in [3.05, 3.63) is 63.7 Å². The summed E-state index contributed by atoms with van der Waals surface area (Å²) in [5.41, 5.74) is 6.07. The molecule has 2 heteroatoms. The fraction of sp³-hybridized carbons (Fsp3) is 0.294. The van der Waals surface area contributed by atoms with Gasteiger partial charge < -0.3 is 5.32 Å². The first kappa shape index (κ1) is 14.0. The molecule has 0 saturated carbocycles. The summed E-state index contributed by atoms with van der Waals surface area (Å²) in [5, 5.41) is 4.29. The van der Waals surface area contributed by atoms with Gasteiger partial charge >= 0.3 is 0 Å². The van der Waals surface area contributed by atoms with Gasteiger partial charge in [-0.15, -0.1) is 0 Å². The number of halogens is 1. The Bertz CT molecular complexity index is 549. The molecule has 100 valence electrons. The van der Waals surface area contributed by atoms with Gasteiger partial charge in [0.25, 0.3) is 0 Å². The van der Waals surface area contributed by atoms with E-state index in [0.717, 1.165) is 10.7 Å². The molecule has 2 rings (SSSR count). The van der Waals surface area contributed by atoms with Crippen LogP contribution in [0.4, 0.5) is 5.69 Å². The van der Waals surface area contributed by atoms with Gasteiger partial charge in [-0.1, -0.05) is 53.1 Å². The minimum absolute atomic E-state index is 0.234. The molecule has 0 spiro atoms. The van der Waals surface area contributed by atoms with Gasteiger partial charge in [0.1, 0.15) is 0 Å². The van der Waals surface area contributed by atoms with Crippen molar-refractivity contribution in [3.8, 4) is 0 Å². The summed E-state index contributed by atoms with van der Waals surface area (Å²) in [6.07, 6.45) is 0. The van der Waals surface area contributed by atoms with Crippen LogP contribution in [-0.4, -0.2) is 0 Å². The molecule has 0 amide bonds. The van der Waals surface area contributed by atoms with E-state index in [1.54, 1.807) is 0 Å². The second kappa shape index (κ2) is 5.66. The number of nitrogens with one attached hydrogen (secondary N) is 1. The van der Waals surface area contributed by atoms with E-state index in [1.165, 1.54) is 22.3 Å². The maximum absolute atomic E-state index is 6.26. The molecule has 0 aliphatic heterocycles. The van der Waals surface area contributed by atoms with E-state index in [2.05, 4.69) is 57.3 Å². The molecule has 19 heavy (non-hydrogen) atoms. The highest BCUT2D eigenvalue weighted by molar-refractivity contribution is 6.33. The van der Waals surface area contributed by atoms with Crippen LogP contribution in [-0.2, 0) is 0 Å². The summed E-state index contributed by atoms with van der Waals surface area (Å²) in [7, 11) is 0. The summed E-state index contributed by atoms with van der Waals surface area (Å²) >= 11 is 6.26. The fourth-order valence-corrected chi connectivity index (χ4v) is 2.65. The Morgan fingerprint density at radius 2 is 1.63 bits per heavy atom. The molecule has 2 aromatic rings. The number of anilines is 1. The molecule has 0 radical (unpaired) electrons. The van der Waals surface area contributed by atoms with Crippen LogP contribution in [0, 0.1) is 20.8 Å². The Morgan fingerprint density at radius 3 is 2.21 bits per heavy atom. The van der Waals surface area contributed by atoms with E-state index in [0.29, 0.717) is 0 Å². The molecular weight excluding hydrogens is 254 g/mol. The molecule has 0 aromatic heterocycles. The predicted octanol–water partition coefficient (Wildman–Crippen LogP) is 5.44. The van der Waals surface area contributed by atoms with Crippen molar-refractivity contribution in [2.45, 2.75) is 33.7 Å². The predicted molar refractivity (Wildman–Crippen MR) is 84.1 cm³/mol. The van der Waals surface area contributed by atoms with E-state index >= 15 is 0 Å². The molecule has 0 bridgehead atoms. The summed E-state index contributed by atoms with van der Waals surface area (Å²) in [6, 6.07) is 12.8. The van der Waals surface area contributed by atoms with Gasteiger partial charge in [-0.3, -0.25) is 0 Å². The van der Waals surface area contributed by atoms with Gasteiger partial charge in [-0.05, 0) is 44.9 Å². The fourth-order valence-electron chi connectivity index (χ4n) is 2.37. The Morgan fingerprint density at radius 1 is 1.00 bits per heavy atom. The Kier molecular flexibility index (Phi) is 4.16. The van der Waals surface area contributed by atoms with Crippen molar-refractivity contribution in [2.75, 3.05) is 5.32 Å². The van der Waals surface area contributed by atoms with Crippen LogP contribution in [0.1, 0.15) is 35.2 Å². The van der Waals surface area contributed by atoms with Crippen molar-refractivity contribution in [2.24, 2.45) is 0 Å². The van der Waals surface area contributed by atoms with Crippen LogP contribution in [0.2, 0.25) is 5.02 Å². The van der Waals surface area contributed by atoms with Crippen molar-refractivity contribution in [1.82, 2.24) is 0 Å². The largest absolute Gasteiger partial charge is 0.377 e. The monoisotopic (exact) mass is 273 g/mol. The Labute approximate surface area is 120 Å². The molecule has 0 saturated heterocycles. The number of rotatable bonds is 3. The maximum Gasteiger partial charge on any atom is 0.0640 e. The standard InChI is InChI=1S/C17H20ClN/c1-11-8-12(2)10-15(9-11)14(4)19-17-13(3)6-5-7-16(17)18/h5-10,14,19H,1-4H3. The topological polar surface area (TPSA) is 12.0 Å². The first-order chi connectivity index (χ1) is 8.97. The molecule has 0 aliphatic rings. The molecule has 1 unspecified atom stereocenters. The normalized spacial score (nSPS) is 12.3. The third kappa shape index (κ3) is 3.30. The zero-order chi connectivity index (χ0) is 14.0. The summed E-state index contributed by atoms with van der Waals surface area (Å²) in [5.74, 6) is 0. The third-order valence-corrected chi connectivity index (χ3v) is 3.64. The van der Waals surface area contributed by atoms with Crippen LogP contribution in [0.3, 0.4) is 0 Å². The second-order valence-corrected chi connectivity index (χ2v) is 5.63. The maximum atomic E-state index is 6.26. The lowest BCUT2D eigenvalue weighted by molar-refractivity contribution is 0.878. The lowest BCUT2D eigenvalue weighted by Crippen LogP contribution is -2.08. The zero-order valence-corrected chi connectivity index (χ0v) is 12.7. The van der Waals surface area contributed by atoms with Crippen LogP contribution in [0.25, 0.3) is 0 Å². The van der Waals surface area contributed by atoms with Gasteiger partial charge in [0.2, 0.25) is 0 Å². The van der Waals surface area contributed by atoms with Gasteiger partial charge in [0.15, 0.2) is 0 Å². The van der Waals surface area contributed by atoms with E-state index in [-0.39, 0.29) is 6.04 Å². The second-order valence-electron chi connectivity index (χ2n) is 5.22. The van der Waals surface area contributed by atoms with Crippen LogP contribution >= 0.6 is 11.6 Å². The molecular formula is C17H20ClN. The first-order valence-corrected chi connectivity index (χ1v) is 6.95. The number of benzene rings is 2. The van der Waals surface area contributed by atoms with E-state index < -0.39 is 0 Å². The summed E-state index contributed by atoms with van der Waals surface area (Å²) in [4.78, 5) is 0. The number of hydrogen-bond donors (Lipinski definition) is 1. The van der Waals surface area contributed by atoms with Crippen molar-refractivity contribution >= 4 is 17.3 Å². The quantitative estimate of drug-likeness (QED) is 0.785. The average molecular weight is 274 g/mol. The average Bonchev–Trinajstić information content (AvgIpc) is 2.32. The molecule has 1 atom stereocenters. The van der Waals surface area contributed by atoms with Gasteiger partial charge in [-0.2, -0.15) is 0 Å². The molecule has 0 fully saturated rings. The van der Waals surface area contributed by atoms with Crippen molar-refractivity contribution in [3.63, 3.8) is 0 Å². The number of aryl methyl sites for hydroxylation is 3. The van der Waals surface area contributed by atoms with Crippen molar-refractivity contribution < 1.29 is 0 Å². The lowest BCUT2D eigenvalue weighted by Gasteiger charge is -2.19. The van der Waals surface area contributed by atoms with E-state index in [1.807, 2.05) is 12.1 Å². The molecule has 1 nitrogen and oxygen atoms in total. The highest BCUT2D eigenvalue weighted by atomic mass is 35.5. The van der Waals surface area contributed by atoms with Gasteiger partial charge in [0.05, 0.1) is 10.7 Å². The van der Waals surface area contributed by atoms with Gasteiger partial charge in [0, 0.05) is 6.04 Å². The smallest absolute Gasteiger partial charge is 0.0640 e. The summed E-state index contributed by atoms with van der Waals surface area (Å²) in [6.45, 7) is 8.49. The molecule has 1 N–H and O–H groups in total. The molecule has 0 aliphatic carbocycles. The highest BCUT2D eigenvalue weighted by Crippen LogP contribution is 2.29. The van der Waals surface area contributed by atoms with Crippen LogP contribution in [0.5, 0.6) is 0 Å². The van der Waals surface area contributed by atoms with Gasteiger partial charge in [-0.25, -0.2) is 0 Å². The van der Waals surface area contributed by atoms with E-state index in [4.69, 9.17) is 11.6 Å². The molecule has 2 aromatic carbocycles. The lowest BCUT2D eigenvalue weighted by atomic mass is 10.0. The summed E-state index contributed by atoms with van der Waals surface area (Å²) < 4.78 is 0. The number of para-hydroxylation sites is 1. The Hall–Kier alpha value is -1.47. The highest BCUT2D eigenvalue weighted by Gasteiger charge is 2.10. The Balaban J connectivity index is 2.28. The minimum atomic E-state index is 0.234. The zero-order valence-electron chi connectivity index (χ0n) is 11.9.